The number of aromatic nitrogens is 2. The number of hydrogen-bond donors (Lipinski definition) is 2. The third-order valence-corrected chi connectivity index (χ3v) is 5.02. The first kappa shape index (κ1) is 25.5. The van der Waals surface area contributed by atoms with Gasteiger partial charge in [0.05, 0.1) is 11.4 Å². The highest BCUT2D eigenvalue weighted by atomic mass is 35.5. The highest BCUT2D eigenvalue weighted by molar-refractivity contribution is 5.86. The van der Waals surface area contributed by atoms with E-state index in [4.69, 9.17) is 0 Å². The topological polar surface area (TPSA) is 64.3 Å². The summed E-state index contributed by atoms with van der Waals surface area (Å²) in [6, 6.07) is 0. The van der Waals surface area contributed by atoms with Crippen molar-refractivity contribution in [1.29, 1.82) is 0 Å². The molecule has 0 amide bonds. The van der Waals surface area contributed by atoms with E-state index in [1.807, 2.05) is 0 Å². The van der Waals surface area contributed by atoms with Gasteiger partial charge in [0.1, 0.15) is 0 Å². The number of rotatable bonds is 6. The molecule has 0 aromatic carbocycles. The normalized spacial score (nSPS) is 17.1. The lowest BCUT2D eigenvalue weighted by Crippen LogP contribution is -2.47. The van der Waals surface area contributed by atoms with E-state index in [0.29, 0.717) is 0 Å². The number of nitrogens with zero attached hydrogens (tertiary/aromatic N) is 3. The van der Waals surface area contributed by atoms with Crippen molar-refractivity contribution >= 4 is 42.9 Å². The van der Waals surface area contributed by atoms with Crippen LogP contribution in [0.3, 0.4) is 0 Å². The van der Waals surface area contributed by atoms with E-state index in [1.165, 1.54) is 32.5 Å². The van der Waals surface area contributed by atoms with Crippen LogP contribution in [-0.4, -0.2) is 65.8 Å². The molecule has 2 aliphatic rings. The largest absolute Gasteiger partial charge is 0.383 e. The van der Waals surface area contributed by atoms with Crippen LogP contribution >= 0.6 is 37.2 Å². The van der Waals surface area contributed by atoms with E-state index in [0.717, 1.165) is 62.4 Å². The lowest BCUT2D eigenvalue weighted by Gasteiger charge is -2.34. The summed E-state index contributed by atoms with van der Waals surface area (Å²) in [4.78, 5) is 17.0. The summed E-state index contributed by atoms with van der Waals surface area (Å²) in [6.07, 6.45) is 5.37. The van der Waals surface area contributed by atoms with Gasteiger partial charge in [0.25, 0.3) is 5.56 Å². The van der Waals surface area contributed by atoms with E-state index in [2.05, 4.69) is 32.2 Å². The van der Waals surface area contributed by atoms with Gasteiger partial charge >= 0.3 is 0 Å². The number of unbranched alkanes of at least 4 members (excludes halogenated alkanes) is 1. The Morgan fingerprint density at radius 1 is 1.04 bits per heavy atom. The maximum atomic E-state index is 11.9. The molecule has 0 unspecified atom stereocenters. The Kier molecular flexibility index (Phi) is 12.5. The van der Waals surface area contributed by atoms with E-state index in [9.17, 15) is 4.79 Å². The first-order valence-electron chi connectivity index (χ1n) is 9.07. The van der Waals surface area contributed by atoms with Gasteiger partial charge in [-0.15, -0.1) is 37.2 Å². The van der Waals surface area contributed by atoms with Crippen molar-refractivity contribution in [2.45, 2.75) is 39.0 Å². The Balaban J connectivity index is 0.00000208. The summed E-state index contributed by atoms with van der Waals surface area (Å²) < 4.78 is 0. The second kappa shape index (κ2) is 12.8. The monoisotopic (exact) mass is 427 g/mol. The van der Waals surface area contributed by atoms with Gasteiger partial charge in [-0.05, 0) is 25.8 Å². The molecule has 2 aliphatic heterocycles. The Morgan fingerprint density at radius 2 is 1.69 bits per heavy atom. The van der Waals surface area contributed by atoms with Crippen molar-refractivity contribution in [3.05, 3.63) is 21.6 Å². The molecule has 0 bridgehead atoms. The average molecular weight is 429 g/mol. The Morgan fingerprint density at radius 3 is 2.35 bits per heavy atom. The summed E-state index contributed by atoms with van der Waals surface area (Å²) >= 11 is 0. The Hall–Kier alpha value is -0.530. The first-order chi connectivity index (χ1) is 11.3. The standard InChI is InChI=1S/C17H29N5O.3ClH/c1-2-3-8-21-10-12-22(13-11-21)9-6-15-16-14(5-4-7-18-16)17(23)20-19-15;;;/h18H,2-13H2,1H3,(H,20,23);3*1H. The van der Waals surface area contributed by atoms with Crippen molar-refractivity contribution in [3.8, 4) is 0 Å². The molecular formula is C17H32Cl3N5O. The molecule has 26 heavy (non-hydrogen) atoms. The van der Waals surface area contributed by atoms with Crippen LogP contribution in [0.5, 0.6) is 0 Å². The molecule has 1 aromatic rings. The predicted octanol–water partition coefficient (Wildman–Crippen LogP) is 2.35. The van der Waals surface area contributed by atoms with Gasteiger partial charge in [0, 0.05) is 51.3 Å². The number of hydrogen-bond acceptors (Lipinski definition) is 5. The summed E-state index contributed by atoms with van der Waals surface area (Å²) in [5.74, 6) is 0. The number of anilines is 1. The number of nitrogens with one attached hydrogen (secondary N) is 2. The number of H-pyrrole nitrogens is 1. The van der Waals surface area contributed by atoms with Crippen LogP contribution in [0.2, 0.25) is 0 Å². The maximum absolute atomic E-state index is 11.9. The van der Waals surface area contributed by atoms with Crippen molar-refractivity contribution in [3.63, 3.8) is 0 Å². The first-order valence-corrected chi connectivity index (χ1v) is 9.07. The van der Waals surface area contributed by atoms with Gasteiger partial charge in [-0.2, -0.15) is 5.10 Å². The van der Waals surface area contributed by atoms with Crippen LogP contribution in [0.4, 0.5) is 5.69 Å². The minimum Gasteiger partial charge on any atom is -0.383 e. The zero-order valence-corrected chi connectivity index (χ0v) is 17.9. The fraction of sp³-hybridized carbons (Fsp3) is 0.765. The summed E-state index contributed by atoms with van der Waals surface area (Å²) in [7, 11) is 0. The summed E-state index contributed by atoms with van der Waals surface area (Å²) in [6.45, 7) is 10.1. The molecule has 9 heteroatoms. The Bertz CT molecular complexity index is 576. The molecule has 0 spiro atoms. The van der Waals surface area contributed by atoms with Crippen LogP contribution in [0, 0.1) is 0 Å². The lowest BCUT2D eigenvalue weighted by molar-refractivity contribution is 0.132. The zero-order valence-electron chi connectivity index (χ0n) is 15.5. The van der Waals surface area contributed by atoms with E-state index >= 15 is 0 Å². The second-order valence-electron chi connectivity index (χ2n) is 6.67. The van der Waals surface area contributed by atoms with Gasteiger partial charge in [-0.3, -0.25) is 4.79 Å². The molecule has 152 valence electrons. The number of halogens is 3. The third kappa shape index (κ3) is 6.57. The van der Waals surface area contributed by atoms with Crippen molar-refractivity contribution in [2.75, 3.05) is 51.1 Å². The van der Waals surface area contributed by atoms with Gasteiger partial charge in [0.15, 0.2) is 0 Å². The smallest absolute Gasteiger partial charge is 0.269 e. The van der Waals surface area contributed by atoms with Gasteiger partial charge in [-0.1, -0.05) is 13.3 Å². The number of piperazine rings is 1. The fourth-order valence-electron chi connectivity index (χ4n) is 3.52. The molecular weight excluding hydrogens is 397 g/mol. The fourth-order valence-corrected chi connectivity index (χ4v) is 3.52. The van der Waals surface area contributed by atoms with Crippen molar-refractivity contribution in [1.82, 2.24) is 20.0 Å². The molecule has 0 atom stereocenters. The molecule has 3 rings (SSSR count). The number of fused-ring (bicyclic) bond motifs is 1. The highest BCUT2D eigenvalue weighted by Gasteiger charge is 2.20. The van der Waals surface area contributed by atoms with E-state index < -0.39 is 0 Å². The van der Waals surface area contributed by atoms with Crippen LogP contribution in [-0.2, 0) is 12.8 Å². The van der Waals surface area contributed by atoms with Gasteiger partial charge in [-0.25, -0.2) is 5.10 Å². The summed E-state index contributed by atoms with van der Waals surface area (Å²) in [5, 5.41) is 10.3. The van der Waals surface area contributed by atoms with Crippen LogP contribution < -0.4 is 10.9 Å². The van der Waals surface area contributed by atoms with Crippen molar-refractivity contribution in [2.24, 2.45) is 0 Å². The summed E-state index contributed by atoms with van der Waals surface area (Å²) in [5.41, 5.74) is 2.89. The van der Waals surface area contributed by atoms with Crippen LogP contribution in [0.1, 0.15) is 37.4 Å². The number of aromatic amines is 1. The van der Waals surface area contributed by atoms with Gasteiger partial charge < -0.3 is 15.1 Å². The van der Waals surface area contributed by atoms with Crippen LogP contribution in [0.25, 0.3) is 0 Å². The SMILES string of the molecule is CCCCN1CCN(CCc2n[nH]c(=O)c3c2NCCC3)CC1.Cl.Cl.Cl. The van der Waals surface area contributed by atoms with E-state index in [-0.39, 0.29) is 42.8 Å². The lowest BCUT2D eigenvalue weighted by atomic mass is 10.0. The molecule has 2 N–H and O–H groups in total. The predicted molar refractivity (Wildman–Crippen MR) is 115 cm³/mol. The molecule has 1 saturated heterocycles. The van der Waals surface area contributed by atoms with Crippen molar-refractivity contribution < 1.29 is 0 Å². The molecule has 6 nitrogen and oxygen atoms in total. The Labute approximate surface area is 174 Å². The molecule has 0 radical (unpaired) electrons. The zero-order chi connectivity index (χ0) is 16.1. The molecule has 0 saturated carbocycles. The maximum Gasteiger partial charge on any atom is 0.269 e. The minimum atomic E-state index is -0.0273. The quantitative estimate of drug-likeness (QED) is 0.728. The molecule has 1 fully saturated rings. The van der Waals surface area contributed by atoms with Gasteiger partial charge in [0.2, 0.25) is 0 Å². The minimum absolute atomic E-state index is 0. The third-order valence-electron chi connectivity index (χ3n) is 5.02. The molecule has 1 aromatic heterocycles. The highest BCUT2D eigenvalue weighted by Crippen LogP contribution is 2.21. The van der Waals surface area contributed by atoms with Crippen LogP contribution in [0.15, 0.2) is 4.79 Å². The van der Waals surface area contributed by atoms with E-state index in [1.54, 1.807) is 0 Å². The second-order valence-corrected chi connectivity index (χ2v) is 6.67. The average Bonchev–Trinajstić information content (AvgIpc) is 2.60. The molecule has 0 aliphatic carbocycles. The molecule has 3 heterocycles.